The summed E-state index contributed by atoms with van der Waals surface area (Å²) in [6.45, 7) is 0. The van der Waals surface area contributed by atoms with E-state index in [0.717, 1.165) is 11.4 Å². The van der Waals surface area contributed by atoms with Crippen molar-refractivity contribution in [2.24, 2.45) is 0 Å². The largest absolute Gasteiger partial charge is 0.309 e. The zero-order valence-electron chi connectivity index (χ0n) is 34.6. The van der Waals surface area contributed by atoms with E-state index in [0.29, 0.717) is 0 Å². The number of para-hydroxylation sites is 2. The Balaban J connectivity index is 1.04. The molecule has 2 heterocycles. The van der Waals surface area contributed by atoms with Crippen molar-refractivity contribution in [3.8, 4) is 33.6 Å². The van der Waals surface area contributed by atoms with Gasteiger partial charge < -0.3 is 9.13 Å². The Labute approximate surface area is 368 Å². The standard InChI is InChI=1S/C60H42N2Si/c1-5-19-43(20-6-1)45-23-17-28-51(41-45)63(48-24-9-3-10-25-48,49-26-11-4-12-27-49)50-38-35-46(36-39-50)61-56-32-15-13-29-53(56)55-42-47(37-40-58(55)61)62-57-33-16-14-30-54(57)60-52(31-18-34-59(60)62)44-21-7-2-8-22-44/h1-42H. The van der Waals surface area contributed by atoms with Gasteiger partial charge in [-0.25, -0.2) is 0 Å². The monoisotopic (exact) mass is 818 g/mol. The SMILES string of the molecule is c1ccc(-c2cccc([Si](c3ccccc3)(c3ccccc3)c3ccc(-n4c5ccccc5c5cc(-n6c7ccccc7c7c(-c8ccccc8)cccc76)ccc54)cc3)c2)cc1. The van der Waals surface area contributed by atoms with Crippen molar-refractivity contribution in [3.05, 3.63) is 255 Å². The van der Waals surface area contributed by atoms with E-state index in [1.54, 1.807) is 0 Å². The first kappa shape index (κ1) is 36.8. The second-order valence-corrected chi connectivity index (χ2v) is 20.3. The summed E-state index contributed by atoms with van der Waals surface area (Å²) in [4.78, 5) is 0. The molecule has 0 aliphatic carbocycles. The predicted molar refractivity (Wildman–Crippen MR) is 270 cm³/mol. The van der Waals surface area contributed by atoms with Crippen LogP contribution in [0, 0.1) is 0 Å². The van der Waals surface area contributed by atoms with Gasteiger partial charge in [-0.1, -0.05) is 206 Å². The van der Waals surface area contributed by atoms with E-state index < -0.39 is 8.07 Å². The summed E-state index contributed by atoms with van der Waals surface area (Å²) in [7, 11) is -2.80. The molecule has 0 atom stereocenters. The van der Waals surface area contributed by atoms with Gasteiger partial charge in [-0.05, 0) is 91.5 Å². The van der Waals surface area contributed by atoms with Gasteiger partial charge in [0.2, 0.25) is 0 Å². The van der Waals surface area contributed by atoms with E-state index in [9.17, 15) is 0 Å². The maximum Gasteiger partial charge on any atom is 0.179 e. The highest BCUT2D eigenvalue weighted by molar-refractivity contribution is 7.19. The molecule has 0 amide bonds. The van der Waals surface area contributed by atoms with Gasteiger partial charge in [0.1, 0.15) is 0 Å². The lowest BCUT2D eigenvalue weighted by Gasteiger charge is -2.35. The normalized spacial score (nSPS) is 11.8. The fourth-order valence-corrected chi connectivity index (χ4v) is 15.1. The van der Waals surface area contributed by atoms with Gasteiger partial charge in [-0.3, -0.25) is 0 Å². The molecule has 10 aromatic carbocycles. The van der Waals surface area contributed by atoms with Gasteiger partial charge in [-0.15, -0.1) is 0 Å². The van der Waals surface area contributed by atoms with Crippen LogP contribution in [0.1, 0.15) is 0 Å². The topological polar surface area (TPSA) is 9.86 Å². The second-order valence-electron chi connectivity index (χ2n) is 16.4. The van der Waals surface area contributed by atoms with Gasteiger partial charge in [0, 0.05) is 32.9 Å². The van der Waals surface area contributed by atoms with E-state index in [4.69, 9.17) is 0 Å². The van der Waals surface area contributed by atoms with Crippen LogP contribution in [0.3, 0.4) is 0 Å². The van der Waals surface area contributed by atoms with E-state index in [-0.39, 0.29) is 0 Å². The second kappa shape index (κ2) is 15.2. The maximum absolute atomic E-state index is 2.80. The quantitative estimate of drug-likeness (QED) is 0.107. The van der Waals surface area contributed by atoms with Crippen molar-refractivity contribution in [2.45, 2.75) is 0 Å². The van der Waals surface area contributed by atoms with Crippen LogP contribution < -0.4 is 20.7 Å². The number of fused-ring (bicyclic) bond motifs is 6. The van der Waals surface area contributed by atoms with Gasteiger partial charge in [0.05, 0.1) is 22.1 Å². The number of hydrogen-bond donors (Lipinski definition) is 0. The molecular weight excluding hydrogens is 777 g/mol. The lowest BCUT2D eigenvalue weighted by atomic mass is 9.99. The average molecular weight is 819 g/mol. The summed E-state index contributed by atoms with van der Waals surface area (Å²) in [5, 5.41) is 10.4. The minimum absolute atomic E-state index is 1.14. The molecule has 3 heteroatoms. The van der Waals surface area contributed by atoms with Crippen molar-refractivity contribution >= 4 is 72.4 Å². The van der Waals surface area contributed by atoms with Gasteiger partial charge in [0.25, 0.3) is 0 Å². The van der Waals surface area contributed by atoms with E-state index >= 15 is 0 Å². The Hall–Kier alpha value is -7.98. The number of aromatic nitrogens is 2. The molecular formula is C60H42N2Si. The van der Waals surface area contributed by atoms with E-state index in [1.165, 1.54) is 86.6 Å². The Kier molecular flexibility index (Phi) is 8.87. The highest BCUT2D eigenvalue weighted by atomic mass is 28.3. The number of rotatable bonds is 8. The van der Waals surface area contributed by atoms with Crippen LogP contribution >= 0.6 is 0 Å². The van der Waals surface area contributed by atoms with E-state index in [1.807, 2.05) is 0 Å². The van der Waals surface area contributed by atoms with Crippen LogP contribution in [0.4, 0.5) is 0 Å². The molecule has 0 fully saturated rings. The molecule has 63 heavy (non-hydrogen) atoms. The fraction of sp³-hybridized carbons (Fsp3) is 0. The third kappa shape index (κ3) is 5.93. The maximum atomic E-state index is 2.45. The summed E-state index contributed by atoms with van der Waals surface area (Å²) in [5.74, 6) is 0. The number of hydrogen-bond acceptors (Lipinski definition) is 0. The van der Waals surface area contributed by atoms with Crippen molar-refractivity contribution in [1.82, 2.24) is 9.13 Å². The van der Waals surface area contributed by atoms with Gasteiger partial charge >= 0.3 is 0 Å². The van der Waals surface area contributed by atoms with Crippen LogP contribution in [0.15, 0.2) is 255 Å². The molecule has 0 saturated heterocycles. The molecule has 12 rings (SSSR count). The first-order valence-electron chi connectivity index (χ1n) is 21.8. The third-order valence-electron chi connectivity index (χ3n) is 13.1. The van der Waals surface area contributed by atoms with Gasteiger partial charge in [0.15, 0.2) is 8.07 Å². The molecule has 0 radical (unpaired) electrons. The fourth-order valence-electron chi connectivity index (χ4n) is 10.3. The molecule has 0 bridgehead atoms. The summed E-state index contributed by atoms with van der Waals surface area (Å²) < 4.78 is 4.89. The molecule has 0 aliphatic heterocycles. The Morgan fingerprint density at radius 1 is 0.254 bits per heavy atom. The first-order chi connectivity index (χ1) is 31.3. The molecule has 296 valence electrons. The average Bonchev–Trinajstić information content (AvgIpc) is 3.88. The van der Waals surface area contributed by atoms with Crippen molar-refractivity contribution in [1.29, 1.82) is 0 Å². The molecule has 0 spiro atoms. The lowest BCUT2D eigenvalue weighted by Crippen LogP contribution is -2.74. The molecule has 0 saturated carbocycles. The third-order valence-corrected chi connectivity index (χ3v) is 17.8. The smallest absolute Gasteiger partial charge is 0.179 e. The Morgan fingerprint density at radius 3 is 1.40 bits per heavy atom. The highest BCUT2D eigenvalue weighted by Gasteiger charge is 2.41. The molecule has 2 nitrogen and oxygen atoms in total. The van der Waals surface area contributed by atoms with E-state index in [2.05, 4.69) is 264 Å². The van der Waals surface area contributed by atoms with Crippen LogP contribution in [-0.2, 0) is 0 Å². The lowest BCUT2D eigenvalue weighted by molar-refractivity contribution is 1.17. The van der Waals surface area contributed by atoms with Crippen LogP contribution in [-0.4, -0.2) is 17.2 Å². The van der Waals surface area contributed by atoms with Crippen LogP contribution in [0.2, 0.25) is 0 Å². The van der Waals surface area contributed by atoms with Crippen molar-refractivity contribution in [2.75, 3.05) is 0 Å². The van der Waals surface area contributed by atoms with Crippen LogP contribution in [0.5, 0.6) is 0 Å². The summed E-state index contributed by atoms with van der Waals surface area (Å²) >= 11 is 0. The number of nitrogens with zero attached hydrogens (tertiary/aromatic N) is 2. The van der Waals surface area contributed by atoms with Crippen LogP contribution in [0.25, 0.3) is 77.2 Å². The predicted octanol–water partition coefficient (Wildman–Crippen LogP) is 12.6. The molecule has 0 aliphatic rings. The molecule has 2 aromatic heterocycles. The molecule has 0 N–H and O–H groups in total. The number of benzene rings is 10. The Morgan fingerprint density at radius 2 is 0.714 bits per heavy atom. The summed E-state index contributed by atoms with van der Waals surface area (Å²) in [6, 6.07) is 94.2. The summed E-state index contributed by atoms with van der Waals surface area (Å²) in [5.41, 5.74) is 12.0. The minimum atomic E-state index is -2.80. The van der Waals surface area contributed by atoms with Crippen molar-refractivity contribution in [3.63, 3.8) is 0 Å². The van der Waals surface area contributed by atoms with Gasteiger partial charge in [-0.2, -0.15) is 0 Å². The first-order valence-corrected chi connectivity index (χ1v) is 23.8. The highest BCUT2D eigenvalue weighted by Crippen LogP contribution is 2.40. The van der Waals surface area contributed by atoms with Crippen molar-refractivity contribution < 1.29 is 0 Å². The Bertz CT molecular complexity index is 3550. The summed E-state index contributed by atoms with van der Waals surface area (Å²) in [6.07, 6.45) is 0. The zero-order valence-corrected chi connectivity index (χ0v) is 35.6. The molecule has 12 aromatic rings. The molecule has 0 unspecified atom stereocenters. The minimum Gasteiger partial charge on any atom is -0.309 e. The zero-order chi connectivity index (χ0) is 41.7.